The van der Waals surface area contributed by atoms with Crippen LogP contribution in [0.1, 0.15) is 25.5 Å². The fourth-order valence-corrected chi connectivity index (χ4v) is 1.31. The first-order chi connectivity index (χ1) is 6.70. The highest BCUT2D eigenvalue weighted by Crippen LogP contribution is 2.10. The van der Waals surface area contributed by atoms with E-state index in [-0.39, 0.29) is 0 Å². The molecule has 0 heterocycles. The Balaban J connectivity index is 2.43. The van der Waals surface area contributed by atoms with Crippen LogP contribution in [0.5, 0.6) is 0 Å². The van der Waals surface area contributed by atoms with Gasteiger partial charge in [0.2, 0.25) is 0 Å². The minimum atomic E-state index is 0.364. The number of rotatable bonds is 4. The Morgan fingerprint density at radius 1 is 1.43 bits per heavy atom. The second kappa shape index (κ2) is 5.84. The largest absolute Gasteiger partial charge is 0.307 e. The van der Waals surface area contributed by atoms with Crippen molar-refractivity contribution >= 4 is 11.6 Å². The zero-order valence-electron chi connectivity index (χ0n) is 8.63. The molecule has 1 N–H and O–H groups in total. The van der Waals surface area contributed by atoms with Crippen LogP contribution in [-0.4, -0.2) is 6.54 Å². The number of hydrogen-bond donors (Lipinski definition) is 1. The van der Waals surface area contributed by atoms with E-state index in [9.17, 15) is 0 Å². The summed E-state index contributed by atoms with van der Waals surface area (Å²) >= 11 is 5.73. The predicted molar refractivity (Wildman–Crippen MR) is 62.5 cm³/mol. The molecule has 1 rings (SSSR count). The third kappa shape index (κ3) is 3.95. The van der Waals surface area contributed by atoms with E-state index >= 15 is 0 Å². The van der Waals surface area contributed by atoms with Crippen LogP contribution in [-0.2, 0) is 0 Å². The molecule has 1 nitrogen and oxygen atoms in total. The lowest BCUT2D eigenvalue weighted by Gasteiger charge is -2.12. The Morgan fingerprint density at radius 2 is 2.07 bits per heavy atom. The van der Waals surface area contributed by atoms with Crippen molar-refractivity contribution in [3.63, 3.8) is 0 Å². The molecule has 0 aliphatic heterocycles. The van der Waals surface area contributed by atoms with Crippen molar-refractivity contribution in [1.29, 1.82) is 0 Å². The molecule has 0 aliphatic carbocycles. The molecular weight excluding hydrogens is 194 g/mol. The van der Waals surface area contributed by atoms with Crippen LogP contribution in [0.4, 0.5) is 0 Å². The van der Waals surface area contributed by atoms with Crippen molar-refractivity contribution in [2.45, 2.75) is 19.9 Å². The van der Waals surface area contributed by atoms with Crippen molar-refractivity contribution < 1.29 is 0 Å². The second-order valence-corrected chi connectivity index (χ2v) is 3.93. The van der Waals surface area contributed by atoms with Crippen molar-refractivity contribution in [3.8, 4) is 0 Å². The van der Waals surface area contributed by atoms with E-state index in [1.807, 2.05) is 19.1 Å². The van der Waals surface area contributed by atoms with Gasteiger partial charge in [-0.25, -0.2) is 0 Å². The molecule has 0 saturated heterocycles. The van der Waals surface area contributed by atoms with Crippen LogP contribution in [0.15, 0.2) is 41.4 Å². The average molecular weight is 210 g/mol. The first-order valence-corrected chi connectivity index (χ1v) is 5.18. The van der Waals surface area contributed by atoms with Crippen molar-refractivity contribution in [3.05, 3.63) is 47.0 Å². The van der Waals surface area contributed by atoms with E-state index in [2.05, 4.69) is 36.5 Å². The van der Waals surface area contributed by atoms with Gasteiger partial charge in [-0.15, -0.1) is 0 Å². The van der Waals surface area contributed by atoms with Crippen molar-refractivity contribution in [2.75, 3.05) is 6.54 Å². The quantitative estimate of drug-likeness (QED) is 0.801. The summed E-state index contributed by atoms with van der Waals surface area (Å²) in [4.78, 5) is 0. The molecule has 2 heteroatoms. The summed E-state index contributed by atoms with van der Waals surface area (Å²) in [6.45, 7) is 4.84. The molecule has 0 amide bonds. The standard InChI is InChI=1S/C12H16ClN/c1-10(13)8-9-14-11(2)12-6-4-3-5-7-12/h3-8,11,14H,9H2,1-2H3/b10-8-/t11-/m1/s1. The van der Waals surface area contributed by atoms with Crippen LogP contribution >= 0.6 is 11.6 Å². The van der Waals surface area contributed by atoms with E-state index in [0.29, 0.717) is 6.04 Å². The predicted octanol–water partition coefficient (Wildman–Crippen LogP) is 3.48. The minimum absolute atomic E-state index is 0.364. The smallest absolute Gasteiger partial charge is 0.0294 e. The van der Waals surface area contributed by atoms with E-state index in [1.54, 1.807) is 0 Å². The van der Waals surface area contributed by atoms with Gasteiger partial charge < -0.3 is 5.32 Å². The third-order valence-electron chi connectivity index (χ3n) is 2.11. The third-order valence-corrected chi connectivity index (χ3v) is 2.26. The Bertz CT molecular complexity index is 288. The maximum absolute atomic E-state index is 5.73. The van der Waals surface area contributed by atoms with Gasteiger partial charge in [-0.1, -0.05) is 48.0 Å². The lowest BCUT2D eigenvalue weighted by atomic mass is 10.1. The lowest BCUT2D eigenvalue weighted by Crippen LogP contribution is -2.18. The number of halogens is 1. The molecule has 0 bridgehead atoms. The van der Waals surface area contributed by atoms with E-state index in [4.69, 9.17) is 11.6 Å². The highest BCUT2D eigenvalue weighted by Gasteiger charge is 2.01. The van der Waals surface area contributed by atoms with Crippen LogP contribution in [0.25, 0.3) is 0 Å². The molecule has 0 saturated carbocycles. The lowest BCUT2D eigenvalue weighted by molar-refractivity contribution is 0.617. The Kier molecular flexibility index (Phi) is 4.71. The summed E-state index contributed by atoms with van der Waals surface area (Å²) in [6, 6.07) is 10.7. The first kappa shape index (κ1) is 11.3. The van der Waals surface area contributed by atoms with Crippen LogP contribution in [0.3, 0.4) is 0 Å². The van der Waals surface area contributed by atoms with Crippen LogP contribution in [0.2, 0.25) is 0 Å². The van der Waals surface area contributed by atoms with Crippen molar-refractivity contribution in [1.82, 2.24) is 5.32 Å². The molecule has 1 aromatic rings. The molecular formula is C12H16ClN. The number of allylic oxidation sites excluding steroid dienone is 1. The van der Waals surface area contributed by atoms with Gasteiger partial charge in [0.1, 0.15) is 0 Å². The normalized spacial score (nSPS) is 14.1. The van der Waals surface area contributed by atoms with Gasteiger partial charge in [0, 0.05) is 17.6 Å². The molecule has 14 heavy (non-hydrogen) atoms. The summed E-state index contributed by atoms with van der Waals surface area (Å²) in [5, 5.41) is 4.20. The summed E-state index contributed by atoms with van der Waals surface area (Å²) in [5.74, 6) is 0. The summed E-state index contributed by atoms with van der Waals surface area (Å²) in [6.07, 6.45) is 1.97. The van der Waals surface area contributed by atoms with Gasteiger partial charge in [-0.05, 0) is 19.4 Å². The van der Waals surface area contributed by atoms with Gasteiger partial charge in [-0.2, -0.15) is 0 Å². The highest BCUT2D eigenvalue weighted by atomic mass is 35.5. The monoisotopic (exact) mass is 209 g/mol. The maximum Gasteiger partial charge on any atom is 0.0294 e. The van der Waals surface area contributed by atoms with Gasteiger partial charge >= 0.3 is 0 Å². The average Bonchev–Trinajstić information content (AvgIpc) is 2.18. The van der Waals surface area contributed by atoms with E-state index < -0.39 is 0 Å². The summed E-state index contributed by atoms with van der Waals surface area (Å²) in [5.41, 5.74) is 1.30. The Labute approximate surface area is 90.8 Å². The first-order valence-electron chi connectivity index (χ1n) is 4.80. The summed E-state index contributed by atoms with van der Waals surface area (Å²) < 4.78 is 0. The van der Waals surface area contributed by atoms with Crippen LogP contribution in [0, 0.1) is 0 Å². The summed E-state index contributed by atoms with van der Waals surface area (Å²) in [7, 11) is 0. The van der Waals surface area contributed by atoms with Gasteiger partial charge in [0.05, 0.1) is 0 Å². The molecule has 0 aliphatic rings. The molecule has 0 aromatic heterocycles. The zero-order chi connectivity index (χ0) is 10.4. The molecule has 0 unspecified atom stereocenters. The van der Waals surface area contributed by atoms with Gasteiger partial charge in [0.25, 0.3) is 0 Å². The SMILES string of the molecule is C/C(Cl)=C/CN[C@H](C)c1ccccc1. The molecule has 76 valence electrons. The number of hydrogen-bond acceptors (Lipinski definition) is 1. The van der Waals surface area contributed by atoms with E-state index in [0.717, 1.165) is 11.6 Å². The minimum Gasteiger partial charge on any atom is -0.307 e. The van der Waals surface area contributed by atoms with Gasteiger partial charge in [-0.3, -0.25) is 0 Å². The highest BCUT2D eigenvalue weighted by molar-refractivity contribution is 6.29. The topological polar surface area (TPSA) is 12.0 Å². The fourth-order valence-electron chi connectivity index (χ4n) is 1.24. The maximum atomic E-state index is 5.73. The molecule has 1 aromatic carbocycles. The zero-order valence-corrected chi connectivity index (χ0v) is 9.38. The fraction of sp³-hybridized carbons (Fsp3) is 0.333. The Morgan fingerprint density at radius 3 is 2.64 bits per heavy atom. The Hall–Kier alpha value is -0.790. The molecule has 1 atom stereocenters. The number of benzene rings is 1. The van der Waals surface area contributed by atoms with E-state index in [1.165, 1.54) is 5.56 Å². The number of nitrogens with one attached hydrogen (secondary N) is 1. The van der Waals surface area contributed by atoms with Crippen molar-refractivity contribution in [2.24, 2.45) is 0 Å². The molecule has 0 spiro atoms. The van der Waals surface area contributed by atoms with Crippen LogP contribution < -0.4 is 5.32 Å². The molecule has 0 fully saturated rings. The van der Waals surface area contributed by atoms with Gasteiger partial charge in [0.15, 0.2) is 0 Å². The molecule has 0 radical (unpaired) electrons. The second-order valence-electron chi connectivity index (χ2n) is 3.33.